The SMILES string of the molecule is Clc1nc(-c2ccc3c(c2)C=CCC3)nc(-c2ccc3ccccc3c2)n1. The minimum Gasteiger partial charge on any atom is -0.208 e. The van der Waals surface area contributed by atoms with E-state index in [1.807, 2.05) is 18.2 Å². The van der Waals surface area contributed by atoms with Gasteiger partial charge in [0.25, 0.3) is 0 Å². The van der Waals surface area contributed by atoms with Crippen molar-refractivity contribution in [3.05, 3.63) is 83.2 Å². The maximum absolute atomic E-state index is 6.24. The van der Waals surface area contributed by atoms with E-state index in [0.29, 0.717) is 11.6 Å². The highest BCUT2D eigenvalue weighted by atomic mass is 35.5. The van der Waals surface area contributed by atoms with Crippen LogP contribution in [0.25, 0.3) is 39.6 Å². The normalized spacial score (nSPS) is 12.9. The van der Waals surface area contributed by atoms with Crippen LogP contribution in [-0.4, -0.2) is 15.0 Å². The lowest BCUT2D eigenvalue weighted by atomic mass is 9.95. The second-order valence-electron chi connectivity index (χ2n) is 6.67. The smallest absolute Gasteiger partial charge is 0.208 e. The molecule has 0 amide bonds. The Kier molecular flexibility index (Phi) is 3.95. The molecule has 3 nitrogen and oxygen atoms in total. The first-order chi connectivity index (χ1) is 13.3. The fourth-order valence-corrected chi connectivity index (χ4v) is 3.66. The summed E-state index contributed by atoms with van der Waals surface area (Å²) in [6.07, 6.45) is 6.53. The fourth-order valence-electron chi connectivity index (χ4n) is 3.50. The van der Waals surface area contributed by atoms with Crippen LogP contribution in [0.15, 0.2) is 66.7 Å². The average molecular weight is 370 g/mol. The topological polar surface area (TPSA) is 38.7 Å². The summed E-state index contributed by atoms with van der Waals surface area (Å²) in [6, 6.07) is 20.8. The van der Waals surface area contributed by atoms with Crippen LogP contribution in [0.5, 0.6) is 0 Å². The van der Waals surface area contributed by atoms with Crippen molar-refractivity contribution in [2.24, 2.45) is 0 Å². The van der Waals surface area contributed by atoms with Gasteiger partial charge in [-0.3, -0.25) is 0 Å². The molecule has 0 saturated carbocycles. The molecule has 1 aliphatic carbocycles. The molecule has 1 aromatic heterocycles. The molecule has 1 heterocycles. The van der Waals surface area contributed by atoms with E-state index in [-0.39, 0.29) is 5.28 Å². The zero-order chi connectivity index (χ0) is 18.2. The zero-order valence-corrected chi connectivity index (χ0v) is 15.3. The number of hydrogen-bond donors (Lipinski definition) is 0. The molecule has 27 heavy (non-hydrogen) atoms. The predicted octanol–water partition coefficient (Wildman–Crippen LogP) is 5.97. The maximum atomic E-state index is 6.24. The summed E-state index contributed by atoms with van der Waals surface area (Å²) in [7, 11) is 0. The lowest BCUT2D eigenvalue weighted by molar-refractivity contribution is 0.984. The van der Waals surface area contributed by atoms with Gasteiger partial charge in [0.1, 0.15) is 0 Å². The first kappa shape index (κ1) is 16.2. The second-order valence-corrected chi connectivity index (χ2v) is 7.01. The largest absolute Gasteiger partial charge is 0.226 e. The van der Waals surface area contributed by atoms with Crippen molar-refractivity contribution >= 4 is 28.4 Å². The Hall–Kier alpha value is -3.04. The minimum absolute atomic E-state index is 0.205. The molecule has 0 fully saturated rings. The predicted molar refractivity (Wildman–Crippen MR) is 111 cm³/mol. The van der Waals surface area contributed by atoms with Gasteiger partial charge in [-0.25, -0.2) is 4.98 Å². The lowest BCUT2D eigenvalue weighted by Gasteiger charge is -2.12. The Balaban J connectivity index is 1.61. The molecule has 0 radical (unpaired) electrons. The van der Waals surface area contributed by atoms with Crippen molar-refractivity contribution in [1.82, 2.24) is 15.0 Å². The quantitative estimate of drug-likeness (QED) is 0.436. The molecule has 0 unspecified atom stereocenters. The van der Waals surface area contributed by atoms with E-state index >= 15 is 0 Å². The summed E-state index contributed by atoms with van der Waals surface area (Å²) in [5.41, 5.74) is 4.46. The third-order valence-electron chi connectivity index (χ3n) is 4.90. The third kappa shape index (κ3) is 3.11. The van der Waals surface area contributed by atoms with Crippen LogP contribution in [0, 0.1) is 0 Å². The van der Waals surface area contributed by atoms with Crippen LogP contribution in [0.1, 0.15) is 17.5 Å². The van der Waals surface area contributed by atoms with Crippen LogP contribution in [0.2, 0.25) is 5.28 Å². The number of aromatic nitrogens is 3. The highest BCUT2D eigenvalue weighted by Crippen LogP contribution is 2.28. The van der Waals surface area contributed by atoms with Gasteiger partial charge in [-0.05, 0) is 58.5 Å². The molecule has 0 bridgehead atoms. The number of allylic oxidation sites excluding steroid dienone is 1. The van der Waals surface area contributed by atoms with E-state index in [9.17, 15) is 0 Å². The first-order valence-corrected chi connectivity index (χ1v) is 9.35. The highest BCUT2D eigenvalue weighted by molar-refractivity contribution is 6.28. The number of halogens is 1. The summed E-state index contributed by atoms with van der Waals surface area (Å²) >= 11 is 6.24. The summed E-state index contributed by atoms with van der Waals surface area (Å²) in [6.45, 7) is 0. The van der Waals surface area contributed by atoms with Gasteiger partial charge >= 0.3 is 0 Å². The molecular weight excluding hydrogens is 354 g/mol. The third-order valence-corrected chi connectivity index (χ3v) is 5.07. The second kappa shape index (κ2) is 6.60. The number of rotatable bonds is 2. The number of fused-ring (bicyclic) bond motifs is 2. The van der Waals surface area contributed by atoms with E-state index in [4.69, 9.17) is 16.6 Å². The molecule has 0 aliphatic heterocycles. The zero-order valence-electron chi connectivity index (χ0n) is 14.6. The van der Waals surface area contributed by atoms with E-state index in [1.54, 1.807) is 0 Å². The van der Waals surface area contributed by atoms with Gasteiger partial charge in [0, 0.05) is 11.1 Å². The molecule has 5 rings (SSSR count). The molecule has 3 aromatic carbocycles. The van der Waals surface area contributed by atoms with Gasteiger partial charge < -0.3 is 0 Å². The molecule has 0 spiro atoms. The van der Waals surface area contributed by atoms with E-state index < -0.39 is 0 Å². The number of aryl methyl sites for hydroxylation is 1. The van der Waals surface area contributed by atoms with Crippen molar-refractivity contribution in [2.45, 2.75) is 12.8 Å². The van der Waals surface area contributed by atoms with Crippen molar-refractivity contribution in [1.29, 1.82) is 0 Å². The Labute approximate surface area is 162 Å². The molecule has 0 atom stereocenters. The van der Waals surface area contributed by atoms with Gasteiger partial charge in [-0.15, -0.1) is 0 Å². The van der Waals surface area contributed by atoms with Crippen LogP contribution >= 0.6 is 11.6 Å². The summed E-state index contributed by atoms with van der Waals surface area (Å²) in [5.74, 6) is 1.18. The maximum Gasteiger partial charge on any atom is 0.226 e. The van der Waals surface area contributed by atoms with Gasteiger partial charge in [-0.2, -0.15) is 9.97 Å². The van der Waals surface area contributed by atoms with Gasteiger partial charge in [0.2, 0.25) is 5.28 Å². The molecule has 0 N–H and O–H groups in total. The average Bonchev–Trinajstić information content (AvgIpc) is 2.72. The van der Waals surface area contributed by atoms with Crippen LogP contribution in [0.3, 0.4) is 0 Å². The van der Waals surface area contributed by atoms with Crippen LogP contribution < -0.4 is 0 Å². The van der Waals surface area contributed by atoms with E-state index in [2.05, 4.69) is 64.6 Å². The van der Waals surface area contributed by atoms with Gasteiger partial charge in [0.05, 0.1) is 0 Å². The minimum atomic E-state index is 0.205. The Morgan fingerprint density at radius 2 is 1.48 bits per heavy atom. The summed E-state index contributed by atoms with van der Waals surface area (Å²) < 4.78 is 0. The van der Waals surface area contributed by atoms with Gasteiger partial charge in [0.15, 0.2) is 11.6 Å². The van der Waals surface area contributed by atoms with Crippen LogP contribution in [-0.2, 0) is 6.42 Å². The molecule has 4 heteroatoms. The molecule has 130 valence electrons. The van der Waals surface area contributed by atoms with Crippen molar-refractivity contribution in [3.63, 3.8) is 0 Å². The van der Waals surface area contributed by atoms with E-state index in [1.165, 1.54) is 16.5 Å². The molecule has 1 aliphatic rings. The van der Waals surface area contributed by atoms with E-state index in [0.717, 1.165) is 29.4 Å². The van der Waals surface area contributed by atoms with Crippen molar-refractivity contribution < 1.29 is 0 Å². The number of hydrogen-bond acceptors (Lipinski definition) is 3. The summed E-state index contributed by atoms with van der Waals surface area (Å²) in [4.78, 5) is 13.4. The summed E-state index contributed by atoms with van der Waals surface area (Å²) in [5, 5.41) is 2.53. The highest BCUT2D eigenvalue weighted by Gasteiger charge is 2.12. The molecule has 4 aromatic rings. The molecular formula is C23H16ClN3. The van der Waals surface area contributed by atoms with Crippen molar-refractivity contribution in [3.8, 4) is 22.8 Å². The number of nitrogens with zero attached hydrogens (tertiary/aromatic N) is 3. The standard InChI is InChI=1S/C23H16ClN3/c24-23-26-21(19-11-9-15-5-1-3-7-17(15)13-19)25-22(27-23)20-12-10-16-6-2-4-8-18(16)14-20/h1,3-5,7-14H,2,6H2. The first-order valence-electron chi connectivity index (χ1n) is 8.97. The Morgan fingerprint density at radius 1 is 0.741 bits per heavy atom. The van der Waals surface area contributed by atoms with Crippen LogP contribution in [0.4, 0.5) is 0 Å². The van der Waals surface area contributed by atoms with Crippen molar-refractivity contribution in [2.75, 3.05) is 0 Å². The Bertz CT molecular complexity index is 1200. The van der Waals surface area contributed by atoms with Gasteiger partial charge in [-0.1, -0.05) is 60.7 Å². The monoisotopic (exact) mass is 369 g/mol. The number of benzene rings is 3. The Morgan fingerprint density at radius 3 is 2.33 bits per heavy atom. The lowest BCUT2D eigenvalue weighted by Crippen LogP contribution is -1.99. The fraction of sp³-hybridized carbons (Fsp3) is 0.0870. The molecule has 0 saturated heterocycles.